The van der Waals surface area contributed by atoms with E-state index in [0.29, 0.717) is 5.15 Å². The second-order valence-corrected chi connectivity index (χ2v) is 3.71. The largest absolute Gasteiger partial charge is 0.350 e. The number of benzene rings is 1. The van der Waals surface area contributed by atoms with E-state index in [4.69, 9.17) is 17.3 Å². The third-order valence-electron chi connectivity index (χ3n) is 2.07. The third-order valence-corrected chi connectivity index (χ3v) is 2.28. The zero-order chi connectivity index (χ0) is 12.3. The van der Waals surface area contributed by atoms with Crippen molar-refractivity contribution in [1.29, 1.82) is 0 Å². The van der Waals surface area contributed by atoms with E-state index >= 15 is 0 Å². The van der Waals surface area contributed by atoms with E-state index < -0.39 is 6.03 Å². The van der Waals surface area contributed by atoms with Gasteiger partial charge in [0.25, 0.3) is 0 Å². The summed E-state index contributed by atoms with van der Waals surface area (Å²) >= 11 is 5.78. The number of nitrogens with one attached hydrogen (secondary N) is 1. The van der Waals surface area contributed by atoms with E-state index in [1.54, 1.807) is 6.07 Å². The quantitative estimate of drug-likeness (QED) is 0.483. The molecule has 2 aromatic rings. The van der Waals surface area contributed by atoms with E-state index in [1.165, 1.54) is 6.21 Å². The number of fused-ring (bicyclic) bond motifs is 1. The second-order valence-electron chi connectivity index (χ2n) is 3.32. The number of carbonyl (C=O) groups is 1. The minimum atomic E-state index is -0.699. The number of halogens is 1. The lowest BCUT2D eigenvalue weighted by atomic mass is 10.1. The fraction of sp³-hybridized carbons (Fsp3) is 0. The predicted molar refractivity (Wildman–Crippen MR) is 67.1 cm³/mol. The van der Waals surface area contributed by atoms with Gasteiger partial charge in [-0.25, -0.2) is 15.2 Å². The first-order chi connectivity index (χ1) is 8.15. The molecular weight excluding hydrogens is 240 g/mol. The molecule has 17 heavy (non-hydrogen) atoms. The summed E-state index contributed by atoms with van der Waals surface area (Å²) in [7, 11) is 0. The lowest BCUT2D eigenvalue weighted by molar-refractivity contribution is 0.249. The van der Waals surface area contributed by atoms with Crippen molar-refractivity contribution in [2.24, 2.45) is 10.8 Å². The SMILES string of the molecule is NC(=O)NN=Cc1ccc2nc(Cl)ccc2c1. The standard InChI is InChI=1S/C11H9ClN4O/c12-10-4-2-8-5-7(1-3-9(8)15-10)6-14-16-11(13)17/h1-6H,(H3,13,16,17). The van der Waals surface area contributed by atoms with Gasteiger partial charge < -0.3 is 5.73 Å². The van der Waals surface area contributed by atoms with Crippen molar-refractivity contribution in [2.45, 2.75) is 0 Å². The Morgan fingerprint density at radius 2 is 2.24 bits per heavy atom. The molecule has 6 heteroatoms. The summed E-state index contributed by atoms with van der Waals surface area (Å²) < 4.78 is 0. The molecule has 0 aliphatic heterocycles. The van der Waals surface area contributed by atoms with Crippen molar-refractivity contribution in [2.75, 3.05) is 0 Å². The van der Waals surface area contributed by atoms with Crippen molar-refractivity contribution in [1.82, 2.24) is 10.4 Å². The first-order valence-corrected chi connectivity index (χ1v) is 5.18. The van der Waals surface area contributed by atoms with Gasteiger partial charge in [0.2, 0.25) is 0 Å². The zero-order valence-corrected chi connectivity index (χ0v) is 9.48. The molecule has 0 saturated heterocycles. The van der Waals surface area contributed by atoms with Gasteiger partial charge in [0.1, 0.15) is 5.15 Å². The molecule has 0 spiro atoms. The highest BCUT2D eigenvalue weighted by molar-refractivity contribution is 6.29. The Balaban J connectivity index is 2.29. The van der Waals surface area contributed by atoms with Crippen molar-refractivity contribution in [3.63, 3.8) is 0 Å². The number of hydrogen-bond acceptors (Lipinski definition) is 3. The van der Waals surface area contributed by atoms with Gasteiger partial charge in [-0.1, -0.05) is 17.7 Å². The van der Waals surface area contributed by atoms with Crippen LogP contribution in [0.4, 0.5) is 4.79 Å². The average Bonchev–Trinajstić information content (AvgIpc) is 2.29. The zero-order valence-electron chi connectivity index (χ0n) is 8.72. The van der Waals surface area contributed by atoms with Gasteiger partial charge in [-0.3, -0.25) is 0 Å². The molecule has 1 aromatic carbocycles. The molecule has 5 nitrogen and oxygen atoms in total. The molecule has 2 amide bonds. The number of nitrogens with two attached hydrogens (primary N) is 1. The van der Waals surface area contributed by atoms with E-state index in [-0.39, 0.29) is 0 Å². The summed E-state index contributed by atoms with van der Waals surface area (Å²) in [5.74, 6) is 0. The average molecular weight is 249 g/mol. The van der Waals surface area contributed by atoms with Crippen LogP contribution in [0.5, 0.6) is 0 Å². The Morgan fingerprint density at radius 3 is 3.00 bits per heavy atom. The van der Waals surface area contributed by atoms with Gasteiger partial charge in [0.15, 0.2) is 0 Å². The number of hydrogen-bond donors (Lipinski definition) is 2. The number of rotatable bonds is 2. The number of pyridine rings is 1. The summed E-state index contributed by atoms with van der Waals surface area (Å²) in [6.45, 7) is 0. The first kappa shape index (κ1) is 11.3. The van der Waals surface area contributed by atoms with Crippen LogP contribution >= 0.6 is 11.6 Å². The number of carbonyl (C=O) groups excluding carboxylic acids is 1. The van der Waals surface area contributed by atoms with Crippen molar-refractivity contribution >= 4 is 34.7 Å². The summed E-state index contributed by atoms with van der Waals surface area (Å²) in [5, 5.41) is 5.06. The highest BCUT2D eigenvalue weighted by atomic mass is 35.5. The Kier molecular flexibility index (Phi) is 3.20. The maximum absolute atomic E-state index is 10.4. The third kappa shape index (κ3) is 2.92. The van der Waals surface area contributed by atoms with Crippen LogP contribution < -0.4 is 11.2 Å². The molecule has 0 radical (unpaired) electrons. The molecule has 86 valence electrons. The normalized spacial score (nSPS) is 10.9. The molecular formula is C11H9ClN4O. The highest BCUT2D eigenvalue weighted by Crippen LogP contribution is 2.16. The molecule has 0 aliphatic rings. The van der Waals surface area contributed by atoms with Crippen molar-refractivity contribution < 1.29 is 4.79 Å². The first-order valence-electron chi connectivity index (χ1n) is 4.80. The van der Waals surface area contributed by atoms with E-state index in [2.05, 4.69) is 15.5 Å². The van der Waals surface area contributed by atoms with Crippen molar-refractivity contribution in [3.8, 4) is 0 Å². The minimum absolute atomic E-state index is 0.453. The van der Waals surface area contributed by atoms with Crippen LogP contribution in [0.15, 0.2) is 35.4 Å². The highest BCUT2D eigenvalue weighted by Gasteiger charge is 1.97. The molecule has 0 bridgehead atoms. The van der Waals surface area contributed by atoms with E-state index in [0.717, 1.165) is 16.5 Å². The number of urea groups is 1. The van der Waals surface area contributed by atoms with Crippen molar-refractivity contribution in [3.05, 3.63) is 41.0 Å². The monoisotopic (exact) mass is 248 g/mol. The molecule has 0 unspecified atom stereocenters. The summed E-state index contributed by atoms with van der Waals surface area (Å²) in [6.07, 6.45) is 1.50. The topological polar surface area (TPSA) is 80.4 Å². The van der Waals surface area contributed by atoms with Crippen LogP contribution in [0.2, 0.25) is 5.15 Å². The van der Waals surface area contributed by atoms with Crippen LogP contribution in [0.1, 0.15) is 5.56 Å². The van der Waals surface area contributed by atoms with Crippen LogP contribution in [0, 0.1) is 0 Å². The summed E-state index contributed by atoms with van der Waals surface area (Å²) in [6, 6.07) is 8.40. The van der Waals surface area contributed by atoms with Gasteiger partial charge in [-0.2, -0.15) is 5.10 Å². The number of primary amides is 1. The molecule has 1 aromatic heterocycles. The van der Waals surface area contributed by atoms with Crippen LogP contribution in [-0.2, 0) is 0 Å². The number of nitrogens with zero attached hydrogens (tertiary/aromatic N) is 2. The smallest absolute Gasteiger partial charge is 0.332 e. The Morgan fingerprint density at radius 1 is 1.41 bits per heavy atom. The number of hydrazone groups is 1. The number of aromatic nitrogens is 1. The summed E-state index contributed by atoms with van der Waals surface area (Å²) in [4.78, 5) is 14.6. The molecule has 0 aliphatic carbocycles. The Bertz CT molecular complexity index is 597. The van der Waals surface area contributed by atoms with E-state index in [1.807, 2.05) is 24.3 Å². The van der Waals surface area contributed by atoms with Gasteiger partial charge in [-0.05, 0) is 29.8 Å². The maximum atomic E-state index is 10.4. The van der Waals surface area contributed by atoms with Crippen LogP contribution in [-0.4, -0.2) is 17.2 Å². The van der Waals surface area contributed by atoms with Crippen LogP contribution in [0.3, 0.4) is 0 Å². The second kappa shape index (κ2) is 4.80. The predicted octanol–water partition coefficient (Wildman–Crippen LogP) is 1.89. The molecule has 0 atom stereocenters. The summed E-state index contributed by atoms with van der Waals surface area (Å²) in [5.41, 5.74) is 8.63. The molecule has 1 heterocycles. The van der Waals surface area contributed by atoms with Gasteiger partial charge in [0, 0.05) is 5.39 Å². The minimum Gasteiger partial charge on any atom is -0.350 e. The van der Waals surface area contributed by atoms with E-state index in [9.17, 15) is 4.79 Å². The fourth-order valence-electron chi connectivity index (χ4n) is 1.37. The number of amides is 2. The molecule has 3 N–H and O–H groups in total. The maximum Gasteiger partial charge on any atom is 0.332 e. The van der Waals surface area contributed by atoms with Gasteiger partial charge >= 0.3 is 6.03 Å². The fourth-order valence-corrected chi connectivity index (χ4v) is 1.52. The van der Waals surface area contributed by atoms with Gasteiger partial charge in [-0.15, -0.1) is 0 Å². The molecule has 0 fully saturated rings. The molecule has 2 rings (SSSR count). The van der Waals surface area contributed by atoms with Crippen LogP contribution in [0.25, 0.3) is 10.9 Å². The molecule has 0 saturated carbocycles. The Labute approximate surface area is 102 Å². The lowest BCUT2D eigenvalue weighted by Gasteiger charge is -1.99. The van der Waals surface area contributed by atoms with Gasteiger partial charge in [0.05, 0.1) is 11.7 Å². The Hall–Kier alpha value is -2.14. The lowest BCUT2D eigenvalue weighted by Crippen LogP contribution is -2.24.